The Morgan fingerprint density at radius 1 is 0.897 bits per heavy atom. The van der Waals surface area contributed by atoms with E-state index in [4.69, 9.17) is 4.98 Å². The number of nitrogens with zero attached hydrogens (tertiary/aromatic N) is 7. The van der Waals surface area contributed by atoms with Crippen LogP contribution < -0.4 is 4.90 Å². The SMILES string of the molecule is Brc1cccc(-c2cncc(N3CCC(C4N5CN6CN(C5)CN4C6)CC3)n2)c1. The van der Waals surface area contributed by atoms with Crippen molar-refractivity contribution in [2.45, 2.75) is 19.0 Å². The molecule has 6 heterocycles. The fourth-order valence-corrected chi connectivity index (χ4v) is 5.95. The van der Waals surface area contributed by atoms with Gasteiger partial charge in [-0.05, 0) is 30.9 Å². The first-order valence-corrected chi connectivity index (χ1v) is 11.3. The van der Waals surface area contributed by atoms with Gasteiger partial charge in [-0.25, -0.2) is 4.98 Å². The number of halogens is 1. The fourth-order valence-electron chi connectivity index (χ4n) is 5.55. The third kappa shape index (κ3) is 3.37. The van der Waals surface area contributed by atoms with Gasteiger partial charge in [-0.15, -0.1) is 0 Å². The quantitative estimate of drug-likeness (QED) is 0.703. The highest BCUT2D eigenvalue weighted by molar-refractivity contribution is 9.10. The van der Waals surface area contributed by atoms with Crippen molar-refractivity contribution in [1.82, 2.24) is 29.6 Å². The Labute approximate surface area is 180 Å². The van der Waals surface area contributed by atoms with Gasteiger partial charge in [-0.2, -0.15) is 0 Å². The summed E-state index contributed by atoms with van der Waals surface area (Å²) in [7, 11) is 0. The molecule has 5 saturated heterocycles. The smallest absolute Gasteiger partial charge is 0.147 e. The third-order valence-corrected chi connectivity index (χ3v) is 7.20. The fraction of sp³-hybridized carbons (Fsp3) is 0.524. The molecule has 0 N–H and O–H groups in total. The molecule has 0 amide bonds. The molecule has 29 heavy (non-hydrogen) atoms. The van der Waals surface area contributed by atoms with E-state index in [2.05, 4.69) is 57.5 Å². The lowest BCUT2D eigenvalue weighted by Crippen LogP contribution is -2.77. The van der Waals surface area contributed by atoms with Gasteiger partial charge in [0.05, 0.1) is 57.6 Å². The van der Waals surface area contributed by atoms with Gasteiger partial charge in [0, 0.05) is 23.1 Å². The van der Waals surface area contributed by atoms with Crippen molar-refractivity contribution in [2.24, 2.45) is 5.92 Å². The molecule has 5 fully saturated rings. The van der Waals surface area contributed by atoms with Gasteiger partial charge < -0.3 is 4.90 Å². The summed E-state index contributed by atoms with van der Waals surface area (Å²) in [6.07, 6.45) is 6.83. The van der Waals surface area contributed by atoms with Crippen LogP contribution in [0.15, 0.2) is 41.1 Å². The highest BCUT2D eigenvalue weighted by Crippen LogP contribution is 2.35. The Hall–Kier alpha value is -1.58. The maximum Gasteiger partial charge on any atom is 0.147 e. The number of hydrogen-bond donors (Lipinski definition) is 0. The Morgan fingerprint density at radius 3 is 2.31 bits per heavy atom. The predicted molar refractivity (Wildman–Crippen MR) is 116 cm³/mol. The Kier molecular flexibility index (Phi) is 4.57. The first kappa shape index (κ1) is 18.2. The van der Waals surface area contributed by atoms with E-state index in [9.17, 15) is 0 Å². The lowest BCUT2D eigenvalue weighted by molar-refractivity contribution is -0.244. The van der Waals surface area contributed by atoms with Crippen LogP contribution in [0.4, 0.5) is 5.82 Å². The first-order valence-electron chi connectivity index (χ1n) is 10.5. The van der Waals surface area contributed by atoms with Crippen LogP contribution in [0.3, 0.4) is 0 Å². The summed E-state index contributed by atoms with van der Waals surface area (Å²) in [4.78, 5) is 22.3. The lowest BCUT2D eigenvalue weighted by atomic mass is 9.91. The second-order valence-electron chi connectivity index (χ2n) is 8.74. The molecule has 0 saturated carbocycles. The Balaban J connectivity index is 1.15. The van der Waals surface area contributed by atoms with Crippen LogP contribution in [0.1, 0.15) is 12.8 Å². The van der Waals surface area contributed by atoms with Crippen LogP contribution in [-0.4, -0.2) is 82.2 Å². The molecule has 0 atom stereocenters. The van der Waals surface area contributed by atoms with Crippen LogP contribution in [-0.2, 0) is 0 Å². The Bertz CT molecular complexity index is 870. The molecule has 0 aliphatic carbocycles. The lowest BCUT2D eigenvalue weighted by Gasteiger charge is -2.62. The van der Waals surface area contributed by atoms with Crippen molar-refractivity contribution in [1.29, 1.82) is 0 Å². The average Bonchev–Trinajstić information content (AvgIpc) is 2.74. The highest BCUT2D eigenvalue weighted by Gasteiger charge is 2.46. The zero-order valence-electron chi connectivity index (χ0n) is 16.5. The summed E-state index contributed by atoms with van der Waals surface area (Å²) in [5, 5.41) is 0. The van der Waals surface area contributed by atoms with Gasteiger partial charge in [0.25, 0.3) is 0 Å². The molecule has 5 aliphatic rings. The van der Waals surface area contributed by atoms with E-state index in [1.165, 1.54) is 12.8 Å². The van der Waals surface area contributed by atoms with E-state index < -0.39 is 0 Å². The van der Waals surface area contributed by atoms with Gasteiger partial charge >= 0.3 is 0 Å². The molecule has 152 valence electrons. The molecule has 1 aromatic heterocycles. The van der Waals surface area contributed by atoms with Crippen molar-refractivity contribution in [3.05, 3.63) is 41.1 Å². The number of rotatable bonds is 3. The second kappa shape index (κ2) is 7.28. The molecule has 4 bridgehead atoms. The van der Waals surface area contributed by atoms with Gasteiger partial charge in [0.1, 0.15) is 5.82 Å². The van der Waals surface area contributed by atoms with Crippen molar-refractivity contribution < 1.29 is 0 Å². The number of hydrogen-bond acceptors (Lipinski definition) is 7. The summed E-state index contributed by atoms with van der Waals surface area (Å²) in [6, 6.07) is 8.27. The molecule has 7 nitrogen and oxygen atoms in total. The van der Waals surface area contributed by atoms with Crippen molar-refractivity contribution in [3.8, 4) is 11.3 Å². The van der Waals surface area contributed by atoms with Gasteiger partial charge in [-0.1, -0.05) is 28.1 Å². The topological polar surface area (TPSA) is 42.0 Å². The van der Waals surface area contributed by atoms with Gasteiger partial charge in [0.2, 0.25) is 0 Å². The maximum atomic E-state index is 4.93. The van der Waals surface area contributed by atoms with E-state index in [-0.39, 0.29) is 0 Å². The van der Waals surface area contributed by atoms with E-state index in [1.807, 2.05) is 24.5 Å². The van der Waals surface area contributed by atoms with Crippen LogP contribution in [0.5, 0.6) is 0 Å². The predicted octanol–water partition coefficient (Wildman–Crippen LogP) is 2.48. The molecule has 8 heteroatoms. The van der Waals surface area contributed by atoms with Gasteiger partial charge in [-0.3, -0.25) is 24.6 Å². The average molecular weight is 456 g/mol. The number of benzene rings is 1. The van der Waals surface area contributed by atoms with Crippen molar-refractivity contribution >= 4 is 21.7 Å². The van der Waals surface area contributed by atoms with Crippen molar-refractivity contribution in [3.63, 3.8) is 0 Å². The van der Waals surface area contributed by atoms with Gasteiger partial charge in [0.15, 0.2) is 0 Å². The number of aromatic nitrogens is 2. The normalized spacial score (nSPS) is 34.0. The minimum atomic E-state index is 0.615. The summed E-state index contributed by atoms with van der Waals surface area (Å²) in [5.74, 6) is 1.75. The summed E-state index contributed by atoms with van der Waals surface area (Å²) < 4.78 is 1.07. The minimum absolute atomic E-state index is 0.615. The molecular weight excluding hydrogens is 430 g/mol. The van der Waals surface area contributed by atoms with Crippen molar-refractivity contribution in [2.75, 3.05) is 51.3 Å². The third-order valence-electron chi connectivity index (χ3n) is 6.70. The van der Waals surface area contributed by atoms with Crippen LogP contribution >= 0.6 is 15.9 Å². The maximum absolute atomic E-state index is 4.93. The standard InChI is InChI=1S/C21H26BrN7/c22-18-3-1-2-17(8-18)19-9-23-10-20(24-19)27-6-4-16(5-7-27)21-28-12-25-11-26(14-28)15-29(21)13-25/h1-3,8-10,16,21H,4-7,11-15H2. The summed E-state index contributed by atoms with van der Waals surface area (Å²) in [5.41, 5.74) is 2.04. The summed E-state index contributed by atoms with van der Waals surface area (Å²) >= 11 is 3.55. The van der Waals surface area contributed by atoms with E-state index in [1.54, 1.807) is 0 Å². The number of piperidine rings is 1. The molecule has 0 radical (unpaired) electrons. The highest BCUT2D eigenvalue weighted by atomic mass is 79.9. The van der Waals surface area contributed by atoms with E-state index in [0.29, 0.717) is 6.17 Å². The largest absolute Gasteiger partial charge is 0.355 e. The van der Waals surface area contributed by atoms with E-state index >= 15 is 0 Å². The van der Waals surface area contributed by atoms with Crippen LogP contribution in [0.25, 0.3) is 11.3 Å². The molecule has 0 spiro atoms. The molecule has 0 unspecified atom stereocenters. The Morgan fingerprint density at radius 2 is 1.62 bits per heavy atom. The zero-order chi connectivity index (χ0) is 19.4. The zero-order valence-corrected chi connectivity index (χ0v) is 18.1. The molecule has 1 aromatic carbocycles. The molecule has 7 rings (SSSR count). The minimum Gasteiger partial charge on any atom is -0.355 e. The number of anilines is 1. The van der Waals surface area contributed by atoms with Crippen LogP contribution in [0.2, 0.25) is 0 Å². The van der Waals surface area contributed by atoms with Crippen LogP contribution in [0, 0.1) is 5.92 Å². The molecular formula is C21H26BrN7. The molecule has 2 aromatic rings. The second-order valence-corrected chi connectivity index (χ2v) is 9.65. The van der Waals surface area contributed by atoms with E-state index in [0.717, 1.165) is 73.9 Å². The monoisotopic (exact) mass is 455 g/mol. The molecule has 5 aliphatic heterocycles. The summed E-state index contributed by atoms with van der Waals surface area (Å²) in [6.45, 7) is 7.82. The first-order chi connectivity index (χ1) is 14.2.